The van der Waals surface area contributed by atoms with E-state index in [-0.39, 0.29) is 23.1 Å². The van der Waals surface area contributed by atoms with Crippen LogP contribution >= 0.6 is 0 Å². The third kappa shape index (κ3) is 7.68. The second-order valence-electron chi connectivity index (χ2n) is 12.4. The van der Waals surface area contributed by atoms with Crippen LogP contribution in [0, 0.1) is 6.92 Å². The molecule has 1 aromatic carbocycles. The van der Waals surface area contributed by atoms with Crippen LogP contribution in [0.4, 0.5) is 16.2 Å². The zero-order valence-electron chi connectivity index (χ0n) is 28.1. The number of hydrogen-bond acceptors (Lipinski definition) is 6. The van der Waals surface area contributed by atoms with Gasteiger partial charge in [0.2, 0.25) is 0 Å². The van der Waals surface area contributed by atoms with Gasteiger partial charge in [-0.05, 0) is 84.3 Å². The van der Waals surface area contributed by atoms with Crippen LogP contribution < -0.4 is 20.9 Å². The van der Waals surface area contributed by atoms with Gasteiger partial charge < -0.3 is 15.4 Å². The Bertz CT molecular complexity index is 1890. The largest absolute Gasteiger partial charge is 0.493 e. The number of anilines is 2. The molecule has 47 heavy (non-hydrogen) atoms. The highest BCUT2D eigenvalue weighted by atomic mass is 16.5. The second-order valence-corrected chi connectivity index (χ2v) is 12.4. The Morgan fingerprint density at radius 1 is 0.936 bits per heavy atom. The van der Waals surface area contributed by atoms with Gasteiger partial charge in [-0.1, -0.05) is 53.2 Å². The monoisotopic (exact) mass is 632 g/mol. The first-order chi connectivity index (χ1) is 22.7. The molecule has 0 aliphatic heterocycles. The maximum absolute atomic E-state index is 14.2. The Morgan fingerprint density at radius 2 is 1.66 bits per heavy atom. The highest BCUT2D eigenvalue weighted by Crippen LogP contribution is 2.37. The van der Waals surface area contributed by atoms with Crippen molar-refractivity contribution in [1.82, 2.24) is 19.5 Å². The number of fused-ring (bicyclic) bond motifs is 1. The van der Waals surface area contributed by atoms with Crippen molar-refractivity contribution in [2.24, 2.45) is 0 Å². The van der Waals surface area contributed by atoms with Crippen molar-refractivity contribution in [3.8, 4) is 17.0 Å². The minimum absolute atomic E-state index is 0.0924. The van der Waals surface area contributed by atoms with E-state index in [4.69, 9.17) is 9.72 Å². The van der Waals surface area contributed by atoms with E-state index in [1.807, 2.05) is 67.7 Å². The summed E-state index contributed by atoms with van der Waals surface area (Å²) in [6.45, 7) is 13.3. The van der Waals surface area contributed by atoms with Crippen LogP contribution in [-0.4, -0.2) is 32.2 Å². The number of nitrogens with one attached hydrogen (secondary N) is 2. The summed E-state index contributed by atoms with van der Waals surface area (Å²) in [5.41, 5.74) is 6.10. The lowest BCUT2D eigenvalue weighted by molar-refractivity contribution is 0.262. The van der Waals surface area contributed by atoms with Gasteiger partial charge in [-0.2, -0.15) is 0 Å². The third-order valence-corrected chi connectivity index (χ3v) is 8.18. The normalized spacial score (nSPS) is 11.3. The number of amides is 2. The topological polar surface area (TPSA) is 111 Å². The number of aromatic nitrogens is 4. The molecule has 9 heteroatoms. The highest BCUT2D eigenvalue weighted by molar-refractivity contribution is 6.07. The SMILES string of the molecule is CCCCn1c(=O)c(NC(=O)Nc2c(C(C)C)cc(OCCc3cccnc3)cc2C(C)C)c(-c2cccc(C)n2)c2cccnc21. The van der Waals surface area contributed by atoms with Crippen LogP contribution in [0.15, 0.2) is 78.0 Å². The van der Waals surface area contributed by atoms with Gasteiger partial charge in [0, 0.05) is 53.9 Å². The molecule has 0 unspecified atom stereocenters. The minimum Gasteiger partial charge on any atom is -0.493 e. The van der Waals surface area contributed by atoms with Crippen LogP contribution in [0.1, 0.15) is 81.7 Å². The van der Waals surface area contributed by atoms with Crippen molar-refractivity contribution in [1.29, 1.82) is 0 Å². The molecule has 244 valence electrons. The van der Waals surface area contributed by atoms with E-state index in [2.05, 4.69) is 55.2 Å². The summed E-state index contributed by atoms with van der Waals surface area (Å²) >= 11 is 0. The molecule has 9 nitrogen and oxygen atoms in total. The number of rotatable bonds is 12. The molecule has 0 saturated heterocycles. The van der Waals surface area contributed by atoms with E-state index >= 15 is 0 Å². The van der Waals surface area contributed by atoms with Gasteiger partial charge in [0.25, 0.3) is 5.56 Å². The molecular weight excluding hydrogens is 588 g/mol. The number of aryl methyl sites for hydroxylation is 2. The van der Waals surface area contributed by atoms with Gasteiger partial charge >= 0.3 is 6.03 Å². The molecule has 0 bridgehead atoms. The summed E-state index contributed by atoms with van der Waals surface area (Å²) in [6, 6.07) is 16.9. The van der Waals surface area contributed by atoms with Gasteiger partial charge in [0.15, 0.2) is 0 Å². The summed E-state index contributed by atoms with van der Waals surface area (Å²) < 4.78 is 7.87. The molecule has 0 aliphatic rings. The van der Waals surface area contributed by atoms with E-state index in [1.165, 1.54) is 0 Å². The number of pyridine rings is 4. The Morgan fingerprint density at radius 3 is 2.32 bits per heavy atom. The Labute approximate surface area is 276 Å². The van der Waals surface area contributed by atoms with Gasteiger partial charge in [0.05, 0.1) is 12.3 Å². The predicted molar refractivity (Wildman–Crippen MR) is 190 cm³/mol. The maximum Gasteiger partial charge on any atom is 0.323 e. The maximum atomic E-state index is 14.2. The Kier molecular flexibility index (Phi) is 10.7. The third-order valence-electron chi connectivity index (χ3n) is 8.18. The van der Waals surface area contributed by atoms with E-state index in [1.54, 1.807) is 17.0 Å². The first kappa shape index (κ1) is 33.3. The molecule has 5 rings (SSSR count). The number of ether oxygens (including phenoxy) is 1. The average Bonchev–Trinajstić information content (AvgIpc) is 3.05. The highest BCUT2D eigenvalue weighted by Gasteiger charge is 2.24. The number of nitrogens with zero attached hydrogens (tertiary/aromatic N) is 4. The Balaban J connectivity index is 1.53. The molecule has 0 atom stereocenters. The molecule has 0 spiro atoms. The zero-order valence-corrected chi connectivity index (χ0v) is 28.1. The molecule has 0 aliphatic carbocycles. The van der Waals surface area contributed by atoms with Gasteiger partial charge in [-0.15, -0.1) is 0 Å². The number of carbonyl (C=O) groups is 1. The van der Waals surface area contributed by atoms with E-state index in [9.17, 15) is 9.59 Å². The van der Waals surface area contributed by atoms with Crippen LogP contribution in [0.25, 0.3) is 22.3 Å². The number of hydrogen-bond donors (Lipinski definition) is 2. The van der Waals surface area contributed by atoms with Gasteiger partial charge in [-0.25, -0.2) is 9.78 Å². The number of unbranched alkanes of at least 4 members (excludes halogenated alkanes) is 1. The lowest BCUT2D eigenvalue weighted by atomic mass is 9.92. The van der Waals surface area contributed by atoms with E-state index in [0.29, 0.717) is 30.1 Å². The molecular formula is C38H44N6O3. The fraction of sp³-hybridized carbons (Fsp3) is 0.342. The standard InChI is InChI=1S/C38H44N6O3/c1-7-8-19-44-36-29(14-11-18-40-36)33(32-15-9-12-26(6)41-32)35(37(44)45)43-38(46)42-34-30(24(2)3)21-28(22-31(34)25(4)5)47-20-16-27-13-10-17-39-23-27/h9-15,17-18,21-25H,7-8,16,19-20H2,1-6H3,(H2,42,43,46). The lowest BCUT2D eigenvalue weighted by Crippen LogP contribution is -2.30. The molecule has 0 saturated carbocycles. The van der Waals surface area contributed by atoms with Crippen LogP contribution in [0.2, 0.25) is 0 Å². The summed E-state index contributed by atoms with van der Waals surface area (Å²) in [6.07, 6.45) is 7.73. The van der Waals surface area contributed by atoms with E-state index < -0.39 is 6.03 Å². The molecule has 0 fully saturated rings. The van der Waals surface area contributed by atoms with Crippen LogP contribution in [-0.2, 0) is 13.0 Å². The van der Waals surface area contributed by atoms with Crippen molar-refractivity contribution >= 4 is 28.4 Å². The number of carbonyl (C=O) groups excluding carboxylic acids is 1. The summed E-state index contributed by atoms with van der Waals surface area (Å²) in [4.78, 5) is 41.7. The van der Waals surface area contributed by atoms with Crippen LogP contribution in [0.5, 0.6) is 5.75 Å². The first-order valence-electron chi connectivity index (χ1n) is 16.4. The quantitative estimate of drug-likeness (QED) is 0.143. The number of urea groups is 1. The predicted octanol–water partition coefficient (Wildman–Crippen LogP) is 8.47. The van der Waals surface area contributed by atoms with Crippen LogP contribution in [0.3, 0.4) is 0 Å². The number of benzene rings is 1. The van der Waals surface area contributed by atoms with E-state index in [0.717, 1.165) is 58.5 Å². The molecule has 5 aromatic rings. The molecule has 4 aromatic heterocycles. The van der Waals surface area contributed by atoms with Gasteiger partial charge in [0.1, 0.15) is 17.1 Å². The van der Waals surface area contributed by atoms with Crippen molar-refractivity contribution in [3.63, 3.8) is 0 Å². The van der Waals surface area contributed by atoms with Crippen molar-refractivity contribution in [2.45, 2.75) is 79.2 Å². The molecule has 2 amide bonds. The fourth-order valence-electron chi connectivity index (χ4n) is 5.76. The Hall–Kier alpha value is -5.05. The lowest BCUT2D eigenvalue weighted by Gasteiger charge is -2.23. The smallest absolute Gasteiger partial charge is 0.323 e. The minimum atomic E-state index is -0.504. The average molecular weight is 633 g/mol. The van der Waals surface area contributed by atoms with Crippen molar-refractivity contribution in [2.75, 3.05) is 17.2 Å². The first-order valence-corrected chi connectivity index (χ1v) is 16.4. The zero-order chi connectivity index (χ0) is 33.5. The fourth-order valence-corrected chi connectivity index (χ4v) is 5.76. The molecule has 0 radical (unpaired) electrons. The summed E-state index contributed by atoms with van der Waals surface area (Å²) in [7, 11) is 0. The molecule has 2 N–H and O–H groups in total. The van der Waals surface area contributed by atoms with Crippen molar-refractivity contribution in [3.05, 3.63) is 106 Å². The van der Waals surface area contributed by atoms with Crippen molar-refractivity contribution < 1.29 is 9.53 Å². The van der Waals surface area contributed by atoms with Gasteiger partial charge in [-0.3, -0.25) is 19.3 Å². The summed E-state index contributed by atoms with van der Waals surface area (Å²) in [5, 5.41) is 6.84. The second kappa shape index (κ2) is 15.0. The molecule has 4 heterocycles. The summed E-state index contributed by atoms with van der Waals surface area (Å²) in [5.74, 6) is 0.936.